The van der Waals surface area contributed by atoms with Crippen molar-refractivity contribution in [2.75, 3.05) is 25.2 Å². The smallest absolute Gasteiger partial charge is 0.186 e. The van der Waals surface area contributed by atoms with Gasteiger partial charge >= 0.3 is 0 Å². The van der Waals surface area contributed by atoms with Gasteiger partial charge in [0.1, 0.15) is 0 Å². The molecule has 1 aliphatic heterocycles. The molecule has 2 heterocycles. The maximum absolute atomic E-state index is 11.1. The van der Waals surface area contributed by atoms with Crippen LogP contribution in [0.2, 0.25) is 0 Å². The maximum Gasteiger partial charge on any atom is 0.186 e. The van der Waals surface area contributed by atoms with E-state index in [2.05, 4.69) is 23.7 Å². The Morgan fingerprint density at radius 2 is 2.44 bits per heavy atom. The van der Waals surface area contributed by atoms with Gasteiger partial charge in [0, 0.05) is 13.7 Å². The standard InChI is InChI=1S/C13H20N2O2S/c1-4-9(2)12-11(7-16)18-13(14-12)15(3)10-5-6-17-8-10/h7,9-10H,4-6,8H2,1-3H3. The minimum atomic E-state index is 0.337. The van der Waals surface area contributed by atoms with Crippen LogP contribution in [0.25, 0.3) is 0 Å². The van der Waals surface area contributed by atoms with E-state index in [-0.39, 0.29) is 0 Å². The molecule has 0 saturated carbocycles. The first-order valence-electron chi connectivity index (χ1n) is 6.43. The highest BCUT2D eigenvalue weighted by Gasteiger charge is 2.24. The number of aromatic nitrogens is 1. The molecule has 2 atom stereocenters. The molecule has 2 rings (SSSR count). The van der Waals surface area contributed by atoms with Gasteiger partial charge in [-0.25, -0.2) is 4.98 Å². The normalized spacial score (nSPS) is 20.9. The number of nitrogens with zero attached hydrogens (tertiary/aromatic N) is 2. The minimum absolute atomic E-state index is 0.337. The zero-order valence-electron chi connectivity index (χ0n) is 11.2. The van der Waals surface area contributed by atoms with Crippen LogP contribution in [0.15, 0.2) is 0 Å². The summed E-state index contributed by atoms with van der Waals surface area (Å²) in [6.45, 7) is 5.81. The number of thiazole rings is 1. The summed E-state index contributed by atoms with van der Waals surface area (Å²) < 4.78 is 5.40. The number of hydrogen-bond acceptors (Lipinski definition) is 5. The molecule has 18 heavy (non-hydrogen) atoms. The Hall–Kier alpha value is -0.940. The Balaban J connectivity index is 2.22. The third-order valence-electron chi connectivity index (χ3n) is 3.61. The van der Waals surface area contributed by atoms with E-state index < -0.39 is 0 Å². The lowest BCUT2D eigenvalue weighted by atomic mass is 10.0. The first-order chi connectivity index (χ1) is 8.67. The quantitative estimate of drug-likeness (QED) is 0.770. The van der Waals surface area contributed by atoms with Crippen molar-refractivity contribution in [2.45, 2.75) is 38.6 Å². The van der Waals surface area contributed by atoms with Crippen molar-refractivity contribution >= 4 is 22.8 Å². The number of likely N-dealkylation sites (N-methyl/N-ethyl adjacent to an activating group) is 1. The summed E-state index contributed by atoms with van der Waals surface area (Å²) >= 11 is 1.49. The molecule has 0 bridgehead atoms. The monoisotopic (exact) mass is 268 g/mol. The van der Waals surface area contributed by atoms with Crippen molar-refractivity contribution in [2.24, 2.45) is 0 Å². The highest BCUT2D eigenvalue weighted by molar-refractivity contribution is 7.17. The van der Waals surface area contributed by atoms with Crippen LogP contribution in [0, 0.1) is 0 Å². The summed E-state index contributed by atoms with van der Waals surface area (Å²) in [4.78, 5) is 18.7. The van der Waals surface area contributed by atoms with E-state index in [1.165, 1.54) is 11.3 Å². The first kappa shape index (κ1) is 13.5. The van der Waals surface area contributed by atoms with Crippen molar-refractivity contribution in [1.82, 2.24) is 4.98 Å². The molecular formula is C13H20N2O2S. The van der Waals surface area contributed by atoms with Gasteiger partial charge in [0.2, 0.25) is 0 Å². The number of ether oxygens (including phenoxy) is 1. The molecule has 1 aromatic heterocycles. The molecule has 1 fully saturated rings. The summed E-state index contributed by atoms with van der Waals surface area (Å²) in [6.07, 6.45) is 2.97. The van der Waals surface area contributed by atoms with Gasteiger partial charge in [-0.15, -0.1) is 0 Å². The van der Waals surface area contributed by atoms with E-state index in [0.717, 1.165) is 48.0 Å². The topological polar surface area (TPSA) is 42.4 Å². The molecule has 0 aromatic carbocycles. The molecule has 100 valence electrons. The Morgan fingerprint density at radius 1 is 1.67 bits per heavy atom. The van der Waals surface area contributed by atoms with Crippen LogP contribution in [0.3, 0.4) is 0 Å². The van der Waals surface area contributed by atoms with Gasteiger partial charge in [0.25, 0.3) is 0 Å². The van der Waals surface area contributed by atoms with Crippen molar-refractivity contribution in [3.05, 3.63) is 10.6 Å². The number of hydrogen-bond donors (Lipinski definition) is 0. The van der Waals surface area contributed by atoms with Gasteiger partial charge < -0.3 is 9.64 Å². The average Bonchev–Trinajstić information content (AvgIpc) is 3.05. The molecule has 0 radical (unpaired) electrons. The number of carbonyl (C=O) groups excluding carboxylic acids is 1. The summed E-state index contributed by atoms with van der Waals surface area (Å²) in [5.74, 6) is 0.337. The number of aldehydes is 1. The van der Waals surface area contributed by atoms with Crippen LogP contribution in [0.5, 0.6) is 0 Å². The Labute approximate surface area is 112 Å². The van der Waals surface area contributed by atoms with Gasteiger partial charge in [0.15, 0.2) is 11.4 Å². The van der Waals surface area contributed by atoms with E-state index in [1.54, 1.807) is 0 Å². The van der Waals surface area contributed by atoms with Crippen molar-refractivity contribution < 1.29 is 9.53 Å². The first-order valence-corrected chi connectivity index (χ1v) is 7.25. The maximum atomic E-state index is 11.1. The molecular weight excluding hydrogens is 248 g/mol. The average molecular weight is 268 g/mol. The predicted octanol–water partition coefficient (Wildman–Crippen LogP) is 2.69. The fraction of sp³-hybridized carbons (Fsp3) is 0.692. The highest BCUT2D eigenvalue weighted by atomic mass is 32.1. The molecule has 1 saturated heterocycles. The molecule has 5 heteroatoms. The van der Waals surface area contributed by atoms with Crippen LogP contribution < -0.4 is 4.90 Å². The lowest BCUT2D eigenvalue weighted by Gasteiger charge is -2.22. The molecule has 4 nitrogen and oxygen atoms in total. The van der Waals surface area contributed by atoms with Crippen LogP contribution in [0.4, 0.5) is 5.13 Å². The number of rotatable bonds is 5. The molecule has 0 amide bonds. The largest absolute Gasteiger partial charge is 0.379 e. The van der Waals surface area contributed by atoms with E-state index in [1.807, 2.05) is 7.05 Å². The second-order valence-electron chi connectivity index (χ2n) is 4.80. The zero-order chi connectivity index (χ0) is 13.1. The molecule has 1 aromatic rings. The second kappa shape index (κ2) is 5.80. The van der Waals surface area contributed by atoms with Crippen molar-refractivity contribution in [3.8, 4) is 0 Å². The Kier molecular flexibility index (Phi) is 4.35. The van der Waals surface area contributed by atoms with Crippen molar-refractivity contribution in [1.29, 1.82) is 0 Å². The minimum Gasteiger partial charge on any atom is -0.379 e. The van der Waals surface area contributed by atoms with Crippen LogP contribution >= 0.6 is 11.3 Å². The van der Waals surface area contributed by atoms with Gasteiger partial charge in [-0.2, -0.15) is 0 Å². The SMILES string of the molecule is CCC(C)c1nc(N(C)C2CCOC2)sc1C=O. The van der Waals surface area contributed by atoms with Crippen LogP contribution in [0.1, 0.15) is 48.0 Å². The van der Waals surface area contributed by atoms with Gasteiger partial charge in [-0.1, -0.05) is 25.2 Å². The van der Waals surface area contributed by atoms with Gasteiger partial charge in [0.05, 0.1) is 23.2 Å². The molecule has 0 N–H and O–H groups in total. The van der Waals surface area contributed by atoms with E-state index in [0.29, 0.717) is 12.0 Å². The lowest BCUT2D eigenvalue weighted by molar-refractivity contribution is 0.112. The van der Waals surface area contributed by atoms with E-state index in [9.17, 15) is 4.79 Å². The Bertz CT molecular complexity index is 413. The summed E-state index contributed by atoms with van der Waals surface area (Å²) in [5, 5.41) is 0.933. The number of anilines is 1. The second-order valence-corrected chi connectivity index (χ2v) is 5.81. The molecule has 2 unspecified atom stereocenters. The zero-order valence-corrected chi connectivity index (χ0v) is 12.0. The van der Waals surface area contributed by atoms with Gasteiger partial charge in [-0.3, -0.25) is 4.79 Å². The predicted molar refractivity (Wildman–Crippen MR) is 73.8 cm³/mol. The van der Waals surface area contributed by atoms with Crippen LogP contribution in [-0.4, -0.2) is 37.6 Å². The molecule has 0 spiro atoms. The van der Waals surface area contributed by atoms with E-state index in [4.69, 9.17) is 4.74 Å². The fourth-order valence-corrected chi connectivity index (χ4v) is 3.13. The third-order valence-corrected chi connectivity index (χ3v) is 4.70. The summed E-state index contributed by atoms with van der Waals surface area (Å²) in [6, 6.07) is 0.389. The van der Waals surface area contributed by atoms with E-state index >= 15 is 0 Å². The molecule has 0 aliphatic carbocycles. The van der Waals surface area contributed by atoms with Gasteiger partial charge in [-0.05, 0) is 18.8 Å². The highest BCUT2D eigenvalue weighted by Crippen LogP contribution is 2.32. The number of carbonyl (C=O) groups is 1. The fourth-order valence-electron chi connectivity index (χ4n) is 2.10. The third kappa shape index (κ3) is 2.57. The Morgan fingerprint density at radius 3 is 3.00 bits per heavy atom. The van der Waals surface area contributed by atoms with Crippen molar-refractivity contribution in [3.63, 3.8) is 0 Å². The molecule has 1 aliphatic rings. The summed E-state index contributed by atoms with van der Waals surface area (Å²) in [7, 11) is 2.03. The van der Waals surface area contributed by atoms with Crippen LogP contribution in [-0.2, 0) is 4.74 Å². The lowest BCUT2D eigenvalue weighted by Crippen LogP contribution is -2.31. The summed E-state index contributed by atoms with van der Waals surface area (Å²) in [5.41, 5.74) is 0.943.